The Bertz CT molecular complexity index is 2130. The zero-order valence-corrected chi connectivity index (χ0v) is 21.3. The van der Waals surface area contributed by atoms with Crippen molar-refractivity contribution < 1.29 is 12.6 Å². The molecule has 0 aliphatic carbocycles. The molecule has 6 aromatic carbocycles. The molecule has 1 heterocycles. The zero-order chi connectivity index (χ0) is 25.9. The number of hydrogen-bond donors (Lipinski definition) is 0. The fraction of sp³-hybridized carbons (Fsp3) is 0.0312. The van der Waals surface area contributed by atoms with E-state index in [1.54, 1.807) is 6.07 Å². The van der Waals surface area contributed by atoms with Gasteiger partial charge in [0.15, 0.2) is 5.75 Å². The molecular weight excluding hydrogens is 492 g/mol. The molecule has 0 fully saturated rings. The molecular formula is C32H22N2O3S. The van der Waals surface area contributed by atoms with Crippen molar-refractivity contribution in [3.63, 3.8) is 0 Å². The summed E-state index contributed by atoms with van der Waals surface area (Å²) in [5.41, 5.74) is 3.35. The van der Waals surface area contributed by atoms with Crippen LogP contribution in [-0.2, 0) is 10.1 Å². The van der Waals surface area contributed by atoms with Gasteiger partial charge in [-0.2, -0.15) is 8.42 Å². The van der Waals surface area contributed by atoms with Crippen LogP contribution >= 0.6 is 0 Å². The van der Waals surface area contributed by atoms with Crippen LogP contribution in [0.15, 0.2) is 115 Å². The molecule has 0 bridgehead atoms. The number of nitrogens with zero attached hydrogens (tertiary/aromatic N) is 2. The third-order valence-electron chi connectivity index (χ3n) is 6.90. The minimum absolute atomic E-state index is 0.243. The summed E-state index contributed by atoms with van der Waals surface area (Å²) in [5, 5.41) is 6.16. The van der Waals surface area contributed by atoms with Gasteiger partial charge in [0.1, 0.15) is 5.82 Å². The summed E-state index contributed by atoms with van der Waals surface area (Å²) < 4.78 is 32.4. The van der Waals surface area contributed by atoms with E-state index in [-0.39, 0.29) is 5.75 Å². The second-order valence-corrected chi connectivity index (χ2v) is 10.9. The molecule has 7 aromatic rings. The number of benzene rings is 6. The molecule has 184 valence electrons. The van der Waals surface area contributed by atoms with Crippen molar-refractivity contribution in [1.29, 1.82) is 0 Å². The number of imidazole rings is 1. The van der Waals surface area contributed by atoms with E-state index >= 15 is 0 Å². The van der Waals surface area contributed by atoms with Gasteiger partial charge in [-0.3, -0.25) is 4.57 Å². The quantitative estimate of drug-likeness (QED) is 0.180. The SMILES string of the molecule is CS(=O)(=O)Oc1ccc2ccccc2c1-c1nc2c3ccccc3c3ccccc3c2n1-c1ccccc1. The Kier molecular flexibility index (Phi) is 5.00. The highest BCUT2D eigenvalue weighted by molar-refractivity contribution is 7.86. The summed E-state index contributed by atoms with van der Waals surface area (Å²) in [4.78, 5) is 5.27. The Labute approximate surface area is 219 Å². The Balaban J connectivity index is 1.74. The van der Waals surface area contributed by atoms with Crippen molar-refractivity contribution in [2.24, 2.45) is 0 Å². The molecule has 0 atom stereocenters. The topological polar surface area (TPSA) is 61.2 Å². The molecule has 0 spiro atoms. The maximum absolute atomic E-state index is 12.3. The molecule has 0 unspecified atom stereocenters. The lowest BCUT2D eigenvalue weighted by Gasteiger charge is -2.16. The lowest BCUT2D eigenvalue weighted by molar-refractivity contribution is 0.494. The van der Waals surface area contributed by atoms with Gasteiger partial charge in [-0.05, 0) is 39.7 Å². The molecule has 0 aliphatic heterocycles. The molecule has 7 rings (SSSR count). The van der Waals surface area contributed by atoms with Crippen LogP contribution in [0.4, 0.5) is 0 Å². The molecule has 0 saturated heterocycles. The van der Waals surface area contributed by atoms with Gasteiger partial charge in [-0.15, -0.1) is 0 Å². The molecule has 0 N–H and O–H groups in total. The first kappa shape index (κ1) is 22.5. The van der Waals surface area contributed by atoms with E-state index in [1.165, 1.54) is 0 Å². The van der Waals surface area contributed by atoms with Crippen LogP contribution < -0.4 is 4.18 Å². The van der Waals surface area contributed by atoms with E-state index in [0.29, 0.717) is 11.4 Å². The minimum Gasteiger partial charge on any atom is -0.382 e. The standard InChI is InChI=1S/C32H22N2O3S/c1-38(35,36)37-28-20-19-21-11-5-6-14-23(21)29(28)32-33-30-26-17-9-7-15-24(26)25-16-8-10-18-27(25)31(30)34(32)22-12-3-2-4-13-22/h2-20H,1H3. The molecule has 1 aromatic heterocycles. The Morgan fingerprint density at radius 3 is 1.92 bits per heavy atom. The van der Waals surface area contributed by atoms with Gasteiger partial charge < -0.3 is 4.18 Å². The van der Waals surface area contributed by atoms with Gasteiger partial charge in [0, 0.05) is 16.5 Å². The smallest absolute Gasteiger partial charge is 0.306 e. The van der Waals surface area contributed by atoms with Crippen LogP contribution in [0.2, 0.25) is 0 Å². The highest BCUT2D eigenvalue weighted by Gasteiger charge is 2.24. The monoisotopic (exact) mass is 514 g/mol. The van der Waals surface area contributed by atoms with E-state index in [4.69, 9.17) is 9.17 Å². The number of para-hydroxylation sites is 1. The summed E-state index contributed by atoms with van der Waals surface area (Å²) in [6.07, 6.45) is 1.06. The van der Waals surface area contributed by atoms with Gasteiger partial charge in [0.2, 0.25) is 0 Å². The summed E-state index contributed by atoms with van der Waals surface area (Å²) >= 11 is 0. The molecule has 6 heteroatoms. The average Bonchev–Trinajstić information content (AvgIpc) is 3.33. The minimum atomic E-state index is -3.79. The highest BCUT2D eigenvalue weighted by Crippen LogP contribution is 2.43. The van der Waals surface area contributed by atoms with Crippen molar-refractivity contribution in [2.45, 2.75) is 0 Å². The highest BCUT2D eigenvalue weighted by atomic mass is 32.2. The van der Waals surface area contributed by atoms with Crippen LogP contribution in [0, 0.1) is 0 Å². The number of fused-ring (bicyclic) bond motifs is 7. The summed E-state index contributed by atoms with van der Waals surface area (Å²) in [7, 11) is -3.79. The van der Waals surface area contributed by atoms with E-state index in [1.807, 2.05) is 84.9 Å². The van der Waals surface area contributed by atoms with E-state index in [9.17, 15) is 8.42 Å². The van der Waals surface area contributed by atoms with Crippen molar-refractivity contribution >= 4 is 53.5 Å². The Hall–Kier alpha value is -4.68. The molecule has 0 amide bonds. The van der Waals surface area contributed by atoms with Crippen LogP contribution in [0.3, 0.4) is 0 Å². The number of rotatable bonds is 4. The van der Waals surface area contributed by atoms with Gasteiger partial charge in [-0.25, -0.2) is 4.98 Å². The maximum Gasteiger partial charge on any atom is 0.306 e. The largest absolute Gasteiger partial charge is 0.382 e. The predicted octanol–water partition coefficient (Wildman–Crippen LogP) is 7.49. The normalized spacial score (nSPS) is 12.0. The lowest BCUT2D eigenvalue weighted by Crippen LogP contribution is -2.08. The second kappa shape index (κ2) is 8.43. The zero-order valence-electron chi connectivity index (χ0n) is 20.5. The summed E-state index contributed by atoms with van der Waals surface area (Å²) in [6, 6.07) is 38.1. The van der Waals surface area contributed by atoms with Crippen LogP contribution in [0.1, 0.15) is 0 Å². The van der Waals surface area contributed by atoms with Crippen LogP contribution in [0.25, 0.3) is 60.4 Å². The van der Waals surface area contributed by atoms with Crippen molar-refractivity contribution in [2.75, 3.05) is 6.26 Å². The fourth-order valence-electron chi connectivity index (χ4n) is 5.42. The first-order valence-corrected chi connectivity index (χ1v) is 14.1. The first-order valence-electron chi connectivity index (χ1n) is 12.3. The van der Waals surface area contributed by atoms with Gasteiger partial charge >= 0.3 is 10.1 Å². The van der Waals surface area contributed by atoms with Crippen LogP contribution in [-0.4, -0.2) is 24.2 Å². The second-order valence-electron chi connectivity index (χ2n) is 9.34. The molecule has 0 aliphatic rings. The van der Waals surface area contributed by atoms with Gasteiger partial charge in [0.05, 0.1) is 22.9 Å². The first-order chi connectivity index (χ1) is 18.5. The maximum atomic E-state index is 12.3. The summed E-state index contributed by atoms with van der Waals surface area (Å²) in [6.45, 7) is 0. The molecule has 0 radical (unpaired) electrons. The molecule has 38 heavy (non-hydrogen) atoms. The number of hydrogen-bond acceptors (Lipinski definition) is 4. The van der Waals surface area contributed by atoms with Crippen molar-refractivity contribution in [3.05, 3.63) is 115 Å². The Morgan fingerprint density at radius 1 is 0.632 bits per heavy atom. The van der Waals surface area contributed by atoms with Crippen molar-refractivity contribution in [3.8, 4) is 22.8 Å². The number of aromatic nitrogens is 2. The lowest BCUT2D eigenvalue weighted by atomic mass is 10.00. The van der Waals surface area contributed by atoms with Crippen molar-refractivity contribution in [1.82, 2.24) is 9.55 Å². The van der Waals surface area contributed by atoms with E-state index in [2.05, 4.69) is 28.8 Å². The third-order valence-corrected chi connectivity index (χ3v) is 7.38. The van der Waals surface area contributed by atoms with Crippen LogP contribution in [0.5, 0.6) is 5.75 Å². The fourth-order valence-corrected chi connectivity index (χ4v) is 5.88. The average molecular weight is 515 g/mol. The summed E-state index contributed by atoms with van der Waals surface area (Å²) in [5.74, 6) is 0.857. The van der Waals surface area contributed by atoms with Gasteiger partial charge in [0.25, 0.3) is 0 Å². The predicted molar refractivity (Wildman–Crippen MR) is 154 cm³/mol. The molecule has 0 saturated carbocycles. The third kappa shape index (κ3) is 3.53. The van der Waals surface area contributed by atoms with E-state index in [0.717, 1.165) is 55.3 Å². The Morgan fingerprint density at radius 2 is 1.21 bits per heavy atom. The van der Waals surface area contributed by atoms with E-state index < -0.39 is 10.1 Å². The van der Waals surface area contributed by atoms with Gasteiger partial charge in [-0.1, -0.05) is 97.1 Å². The molecule has 5 nitrogen and oxygen atoms in total.